The Kier molecular flexibility index (Phi) is 3.98. The summed E-state index contributed by atoms with van der Waals surface area (Å²) in [5.41, 5.74) is 2.38. The van der Waals surface area contributed by atoms with Crippen molar-refractivity contribution in [2.24, 2.45) is 0 Å². The number of benzene rings is 1. The van der Waals surface area contributed by atoms with Gasteiger partial charge in [-0.25, -0.2) is 14.8 Å². The zero-order valence-electron chi connectivity index (χ0n) is 11.6. The van der Waals surface area contributed by atoms with E-state index in [0.29, 0.717) is 5.69 Å². The fourth-order valence-electron chi connectivity index (χ4n) is 1.83. The lowest BCUT2D eigenvalue weighted by atomic mass is 10.1. The summed E-state index contributed by atoms with van der Waals surface area (Å²) in [7, 11) is 0. The molecule has 0 spiro atoms. The summed E-state index contributed by atoms with van der Waals surface area (Å²) >= 11 is 0. The van der Waals surface area contributed by atoms with E-state index in [1.54, 1.807) is 0 Å². The normalized spacial score (nSPS) is 10.6. The first-order valence-corrected chi connectivity index (χ1v) is 6.30. The molecular weight excluding hydrogens is 256 g/mol. The standard InChI is InChI=1S/C15H16N2O3/c1-9(2)20-14-5-4-11(6-10(14)3)12-7-13(15(18)19)17-8-16-12/h4-9H,1-3H3,(H,18,19). The molecular formula is C15H16N2O3. The van der Waals surface area contributed by atoms with Gasteiger partial charge in [-0.05, 0) is 50.6 Å². The number of nitrogens with zero attached hydrogens (tertiary/aromatic N) is 2. The second kappa shape index (κ2) is 5.69. The van der Waals surface area contributed by atoms with Crippen molar-refractivity contribution in [2.45, 2.75) is 26.9 Å². The van der Waals surface area contributed by atoms with Crippen molar-refractivity contribution in [3.63, 3.8) is 0 Å². The summed E-state index contributed by atoms with van der Waals surface area (Å²) in [5, 5.41) is 8.94. The third kappa shape index (κ3) is 3.12. The molecule has 0 atom stereocenters. The molecule has 0 unspecified atom stereocenters. The summed E-state index contributed by atoms with van der Waals surface area (Å²) in [4.78, 5) is 18.7. The Hall–Kier alpha value is -2.43. The molecule has 1 heterocycles. The van der Waals surface area contributed by atoms with Gasteiger partial charge in [0, 0.05) is 5.56 Å². The number of aromatic nitrogens is 2. The quantitative estimate of drug-likeness (QED) is 0.926. The molecule has 2 aromatic rings. The Labute approximate surface area is 117 Å². The predicted molar refractivity (Wildman–Crippen MR) is 74.9 cm³/mol. The molecule has 1 N–H and O–H groups in total. The molecule has 0 aliphatic heterocycles. The van der Waals surface area contributed by atoms with E-state index in [1.165, 1.54) is 12.4 Å². The Bertz CT molecular complexity index is 639. The highest BCUT2D eigenvalue weighted by atomic mass is 16.5. The van der Waals surface area contributed by atoms with E-state index in [1.807, 2.05) is 39.0 Å². The van der Waals surface area contributed by atoms with Crippen molar-refractivity contribution in [3.8, 4) is 17.0 Å². The monoisotopic (exact) mass is 272 g/mol. The summed E-state index contributed by atoms with van der Waals surface area (Å²) in [6.45, 7) is 5.88. The Morgan fingerprint density at radius 3 is 2.60 bits per heavy atom. The highest BCUT2D eigenvalue weighted by molar-refractivity contribution is 5.86. The van der Waals surface area contributed by atoms with Crippen LogP contribution in [-0.2, 0) is 0 Å². The molecule has 20 heavy (non-hydrogen) atoms. The molecule has 0 radical (unpaired) electrons. The van der Waals surface area contributed by atoms with E-state index < -0.39 is 5.97 Å². The maximum atomic E-state index is 10.9. The molecule has 0 aliphatic carbocycles. The van der Waals surface area contributed by atoms with Gasteiger partial charge in [0.05, 0.1) is 11.8 Å². The van der Waals surface area contributed by atoms with Gasteiger partial charge in [0.1, 0.15) is 12.1 Å². The molecule has 1 aromatic heterocycles. The van der Waals surface area contributed by atoms with Gasteiger partial charge >= 0.3 is 5.97 Å². The third-order valence-electron chi connectivity index (χ3n) is 2.72. The van der Waals surface area contributed by atoms with Crippen molar-refractivity contribution in [1.29, 1.82) is 0 Å². The summed E-state index contributed by atoms with van der Waals surface area (Å²) < 4.78 is 5.67. The van der Waals surface area contributed by atoms with Crippen LogP contribution in [0.1, 0.15) is 29.9 Å². The topological polar surface area (TPSA) is 72.3 Å². The molecule has 1 aromatic carbocycles. The minimum Gasteiger partial charge on any atom is -0.491 e. The number of rotatable bonds is 4. The van der Waals surface area contributed by atoms with Crippen LogP contribution in [0.5, 0.6) is 5.75 Å². The number of aromatic carboxylic acids is 1. The lowest BCUT2D eigenvalue weighted by Gasteiger charge is -2.13. The number of hydrogen-bond acceptors (Lipinski definition) is 4. The molecule has 0 saturated heterocycles. The van der Waals surface area contributed by atoms with Crippen LogP contribution < -0.4 is 4.74 Å². The van der Waals surface area contributed by atoms with Gasteiger partial charge in [0.15, 0.2) is 5.69 Å². The highest BCUT2D eigenvalue weighted by Gasteiger charge is 2.09. The average molecular weight is 272 g/mol. The maximum absolute atomic E-state index is 10.9. The molecule has 5 heteroatoms. The third-order valence-corrected chi connectivity index (χ3v) is 2.72. The highest BCUT2D eigenvalue weighted by Crippen LogP contribution is 2.25. The van der Waals surface area contributed by atoms with Crippen LogP contribution in [0.3, 0.4) is 0 Å². The summed E-state index contributed by atoms with van der Waals surface area (Å²) in [6, 6.07) is 7.11. The molecule has 0 bridgehead atoms. The van der Waals surface area contributed by atoms with Crippen molar-refractivity contribution < 1.29 is 14.6 Å². The van der Waals surface area contributed by atoms with Crippen molar-refractivity contribution in [1.82, 2.24) is 9.97 Å². The number of carboxylic acid groups (broad SMARTS) is 1. The number of aryl methyl sites for hydroxylation is 1. The molecule has 0 amide bonds. The van der Waals surface area contributed by atoms with Crippen molar-refractivity contribution in [3.05, 3.63) is 41.9 Å². The van der Waals surface area contributed by atoms with Crippen LogP contribution >= 0.6 is 0 Å². The van der Waals surface area contributed by atoms with E-state index in [-0.39, 0.29) is 11.8 Å². The SMILES string of the molecule is Cc1cc(-c2cc(C(=O)O)ncn2)ccc1OC(C)C. The first-order chi connectivity index (χ1) is 9.47. The fraction of sp³-hybridized carbons (Fsp3) is 0.267. The minimum atomic E-state index is -1.06. The predicted octanol–water partition coefficient (Wildman–Crippen LogP) is 2.94. The van der Waals surface area contributed by atoms with E-state index in [2.05, 4.69) is 9.97 Å². The smallest absolute Gasteiger partial charge is 0.354 e. The van der Waals surface area contributed by atoms with Crippen LogP contribution in [0.2, 0.25) is 0 Å². The van der Waals surface area contributed by atoms with Gasteiger partial charge < -0.3 is 9.84 Å². The maximum Gasteiger partial charge on any atom is 0.354 e. The van der Waals surface area contributed by atoms with Gasteiger partial charge in [-0.15, -0.1) is 0 Å². The summed E-state index contributed by atoms with van der Waals surface area (Å²) in [6.07, 6.45) is 1.37. The van der Waals surface area contributed by atoms with Crippen LogP contribution in [0.25, 0.3) is 11.3 Å². The van der Waals surface area contributed by atoms with E-state index in [9.17, 15) is 4.79 Å². The number of carbonyl (C=O) groups is 1. The van der Waals surface area contributed by atoms with Gasteiger partial charge in [-0.2, -0.15) is 0 Å². The van der Waals surface area contributed by atoms with Gasteiger partial charge in [-0.1, -0.05) is 0 Å². The zero-order valence-corrected chi connectivity index (χ0v) is 11.6. The minimum absolute atomic E-state index is 0.0184. The second-order valence-electron chi connectivity index (χ2n) is 4.74. The Balaban J connectivity index is 2.36. The molecule has 104 valence electrons. The Morgan fingerprint density at radius 2 is 2.00 bits per heavy atom. The zero-order chi connectivity index (χ0) is 14.7. The molecule has 5 nitrogen and oxygen atoms in total. The van der Waals surface area contributed by atoms with E-state index >= 15 is 0 Å². The first-order valence-electron chi connectivity index (χ1n) is 6.30. The molecule has 0 saturated carbocycles. The largest absolute Gasteiger partial charge is 0.491 e. The average Bonchev–Trinajstić information content (AvgIpc) is 2.40. The fourth-order valence-corrected chi connectivity index (χ4v) is 1.83. The van der Waals surface area contributed by atoms with Crippen molar-refractivity contribution in [2.75, 3.05) is 0 Å². The lowest BCUT2D eigenvalue weighted by Crippen LogP contribution is -2.06. The first kappa shape index (κ1) is 14.0. The molecule has 0 fully saturated rings. The van der Waals surface area contributed by atoms with Crippen LogP contribution in [0.4, 0.5) is 0 Å². The van der Waals surface area contributed by atoms with Crippen LogP contribution in [0, 0.1) is 6.92 Å². The number of carboxylic acids is 1. The van der Waals surface area contributed by atoms with E-state index in [4.69, 9.17) is 9.84 Å². The Morgan fingerprint density at radius 1 is 1.25 bits per heavy atom. The van der Waals surface area contributed by atoms with Crippen LogP contribution in [-0.4, -0.2) is 27.1 Å². The van der Waals surface area contributed by atoms with Gasteiger partial charge in [0.25, 0.3) is 0 Å². The van der Waals surface area contributed by atoms with E-state index in [0.717, 1.165) is 16.9 Å². The lowest BCUT2D eigenvalue weighted by molar-refractivity contribution is 0.0690. The van der Waals surface area contributed by atoms with Crippen LogP contribution in [0.15, 0.2) is 30.6 Å². The number of ether oxygens (including phenoxy) is 1. The second-order valence-corrected chi connectivity index (χ2v) is 4.74. The molecule has 2 rings (SSSR count). The van der Waals surface area contributed by atoms with Gasteiger partial charge in [0.2, 0.25) is 0 Å². The molecule has 0 aliphatic rings. The van der Waals surface area contributed by atoms with Gasteiger partial charge in [-0.3, -0.25) is 0 Å². The summed E-state index contributed by atoms with van der Waals surface area (Å²) in [5.74, 6) is -0.249. The van der Waals surface area contributed by atoms with Crippen molar-refractivity contribution >= 4 is 5.97 Å². The number of hydrogen-bond donors (Lipinski definition) is 1.